The molecule has 0 aromatic heterocycles. The number of carbonyl (C=O) groups is 2. The molecule has 5 nitrogen and oxygen atoms in total. The van der Waals surface area contributed by atoms with Crippen LogP contribution in [-0.2, 0) is 16.0 Å². The molecule has 2 aliphatic rings. The van der Waals surface area contributed by atoms with E-state index in [4.69, 9.17) is 0 Å². The molecule has 20 heavy (non-hydrogen) atoms. The summed E-state index contributed by atoms with van der Waals surface area (Å²) < 4.78 is 0. The van der Waals surface area contributed by atoms with Crippen molar-refractivity contribution in [1.82, 2.24) is 10.2 Å². The van der Waals surface area contributed by atoms with Crippen LogP contribution in [0.4, 0.5) is 5.69 Å². The quantitative estimate of drug-likeness (QED) is 0.848. The smallest absolute Gasteiger partial charge is 0.242 e. The molecule has 2 amide bonds. The Kier molecular flexibility index (Phi) is 3.58. The van der Waals surface area contributed by atoms with Gasteiger partial charge in [-0.3, -0.25) is 9.59 Å². The number of rotatable bonds is 2. The minimum Gasteiger partial charge on any atom is -0.362 e. The molecule has 2 heterocycles. The third-order valence-corrected chi connectivity index (χ3v) is 3.92. The summed E-state index contributed by atoms with van der Waals surface area (Å²) in [7, 11) is 0. The van der Waals surface area contributed by atoms with Crippen LogP contribution in [0.25, 0.3) is 0 Å². The van der Waals surface area contributed by atoms with Crippen LogP contribution in [0.3, 0.4) is 0 Å². The highest BCUT2D eigenvalue weighted by molar-refractivity contribution is 5.88. The Morgan fingerprint density at radius 2 is 2.10 bits per heavy atom. The molecule has 0 bridgehead atoms. The van der Waals surface area contributed by atoms with Gasteiger partial charge in [-0.2, -0.15) is 0 Å². The zero-order chi connectivity index (χ0) is 13.9. The average Bonchev–Trinajstić information content (AvgIpc) is 2.47. The van der Waals surface area contributed by atoms with Gasteiger partial charge in [0.25, 0.3) is 0 Å². The van der Waals surface area contributed by atoms with Crippen molar-refractivity contribution in [3.05, 3.63) is 29.8 Å². The minimum absolute atomic E-state index is 0.0385. The molecule has 106 valence electrons. The number of piperazine rings is 1. The van der Waals surface area contributed by atoms with Crippen molar-refractivity contribution >= 4 is 17.5 Å². The topological polar surface area (TPSA) is 52.7 Å². The second-order valence-corrected chi connectivity index (χ2v) is 5.32. The summed E-state index contributed by atoms with van der Waals surface area (Å²) in [6.07, 6.45) is 2.15. The number of para-hydroxylation sites is 1. The summed E-state index contributed by atoms with van der Waals surface area (Å²) in [5.41, 5.74) is 2.47. The molecule has 0 spiro atoms. The van der Waals surface area contributed by atoms with Crippen molar-refractivity contribution in [3.8, 4) is 0 Å². The number of carbonyl (C=O) groups excluding carboxylic acids is 2. The molecule has 0 atom stereocenters. The molecule has 1 aromatic rings. The second-order valence-electron chi connectivity index (χ2n) is 5.32. The summed E-state index contributed by atoms with van der Waals surface area (Å²) in [4.78, 5) is 27.5. The number of hydrogen-bond donors (Lipinski definition) is 1. The fraction of sp³-hybridized carbons (Fsp3) is 0.467. The predicted octanol–water partition coefficient (Wildman–Crippen LogP) is 0.398. The third kappa shape index (κ3) is 2.61. The van der Waals surface area contributed by atoms with Gasteiger partial charge < -0.3 is 15.1 Å². The van der Waals surface area contributed by atoms with E-state index in [0.717, 1.165) is 25.1 Å². The number of benzene rings is 1. The number of amides is 2. The largest absolute Gasteiger partial charge is 0.362 e. The first-order valence-electron chi connectivity index (χ1n) is 7.11. The van der Waals surface area contributed by atoms with Gasteiger partial charge >= 0.3 is 0 Å². The summed E-state index contributed by atoms with van der Waals surface area (Å²) in [6, 6.07) is 8.25. The standard InChI is InChI=1S/C15H19N3O2/c19-14-10-18(9-7-16-14)15(20)11-17-8-3-5-12-4-1-2-6-13(12)17/h1-2,4,6H,3,5,7-11H2,(H,16,19). The Morgan fingerprint density at radius 1 is 1.25 bits per heavy atom. The van der Waals surface area contributed by atoms with Crippen LogP contribution < -0.4 is 10.2 Å². The highest BCUT2D eigenvalue weighted by Crippen LogP contribution is 2.26. The summed E-state index contributed by atoms with van der Waals surface area (Å²) in [6.45, 7) is 2.63. The third-order valence-electron chi connectivity index (χ3n) is 3.92. The number of hydrogen-bond acceptors (Lipinski definition) is 3. The summed E-state index contributed by atoms with van der Waals surface area (Å²) in [5.74, 6) is -0.0276. The predicted molar refractivity (Wildman–Crippen MR) is 76.6 cm³/mol. The van der Waals surface area contributed by atoms with Gasteiger partial charge in [0.1, 0.15) is 0 Å². The second kappa shape index (κ2) is 5.53. The first-order valence-corrected chi connectivity index (χ1v) is 7.11. The lowest BCUT2D eigenvalue weighted by Gasteiger charge is -2.33. The molecule has 1 aromatic carbocycles. The first kappa shape index (κ1) is 13.0. The van der Waals surface area contributed by atoms with Crippen LogP contribution in [0, 0.1) is 0 Å². The molecule has 0 radical (unpaired) electrons. The highest BCUT2D eigenvalue weighted by atomic mass is 16.2. The molecule has 5 heteroatoms. The molecule has 1 saturated heterocycles. The van der Waals surface area contributed by atoms with Gasteiger partial charge in [0.15, 0.2) is 0 Å². The van der Waals surface area contributed by atoms with E-state index in [9.17, 15) is 9.59 Å². The Morgan fingerprint density at radius 3 is 2.95 bits per heavy atom. The molecule has 0 saturated carbocycles. The Bertz CT molecular complexity index is 530. The van der Waals surface area contributed by atoms with E-state index in [1.165, 1.54) is 5.56 Å². The van der Waals surface area contributed by atoms with Crippen molar-refractivity contribution in [2.75, 3.05) is 37.6 Å². The maximum atomic E-state index is 12.3. The lowest BCUT2D eigenvalue weighted by Crippen LogP contribution is -2.52. The van der Waals surface area contributed by atoms with Gasteiger partial charge in [0.2, 0.25) is 11.8 Å². The normalized spacial score (nSPS) is 18.5. The number of aryl methyl sites for hydroxylation is 1. The van der Waals surface area contributed by atoms with Crippen molar-refractivity contribution in [2.45, 2.75) is 12.8 Å². The van der Waals surface area contributed by atoms with E-state index in [1.807, 2.05) is 12.1 Å². The average molecular weight is 273 g/mol. The van der Waals surface area contributed by atoms with Gasteiger partial charge in [-0.05, 0) is 24.5 Å². The maximum absolute atomic E-state index is 12.3. The number of nitrogens with one attached hydrogen (secondary N) is 1. The molecule has 2 aliphatic heterocycles. The van der Waals surface area contributed by atoms with E-state index in [0.29, 0.717) is 19.6 Å². The lowest BCUT2D eigenvalue weighted by molar-refractivity contribution is -0.137. The molecule has 3 rings (SSSR count). The first-order chi connectivity index (χ1) is 9.74. The Labute approximate surface area is 118 Å². The SMILES string of the molecule is O=C1CN(C(=O)CN2CCCc3ccccc32)CCN1. The van der Waals surface area contributed by atoms with E-state index < -0.39 is 0 Å². The Balaban J connectivity index is 1.69. The van der Waals surface area contributed by atoms with Crippen molar-refractivity contribution < 1.29 is 9.59 Å². The van der Waals surface area contributed by atoms with Crippen molar-refractivity contribution in [1.29, 1.82) is 0 Å². The van der Waals surface area contributed by atoms with Gasteiger partial charge in [0, 0.05) is 25.3 Å². The van der Waals surface area contributed by atoms with Gasteiger partial charge in [-0.25, -0.2) is 0 Å². The monoisotopic (exact) mass is 273 g/mol. The van der Waals surface area contributed by atoms with E-state index >= 15 is 0 Å². The Hall–Kier alpha value is -2.04. The van der Waals surface area contributed by atoms with Gasteiger partial charge in [0.05, 0.1) is 13.1 Å². The van der Waals surface area contributed by atoms with Crippen LogP contribution in [0.2, 0.25) is 0 Å². The van der Waals surface area contributed by atoms with Crippen LogP contribution in [-0.4, -0.2) is 49.4 Å². The maximum Gasteiger partial charge on any atom is 0.242 e. The minimum atomic E-state index is -0.0661. The molecule has 0 aliphatic carbocycles. The molecule has 1 fully saturated rings. The molecular formula is C15H19N3O2. The number of anilines is 1. The fourth-order valence-electron chi connectivity index (χ4n) is 2.89. The zero-order valence-corrected chi connectivity index (χ0v) is 11.5. The van der Waals surface area contributed by atoms with E-state index in [1.54, 1.807) is 4.90 Å². The zero-order valence-electron chi connectivity index (χ0n) is 11.5. The van der Waals surface area contributed by atoms with Crippen LogP contribution >= 0.6 is 0 Å². The molecular weight excluding hydrogens is 254 g/mol. The van der Waals surface area contributed by atoms with Gasteiger partial charge in [-0.15, -0.1) is 0 Å². The van der Waals surface area contributed by atoms with Crippen LogP contribution in [0.15, 0.2) is 24.3 Å². The van der Waals surface area contributed by atoms with Crippen molar-refractivity contribution in [3.63, 3.8) is 0 Å². The number of nitrogens with zero attached hydrogens (tertiary/aromatic N) is 2. The van der Waals surface area contributed by atoms with Crippen LogP contribution in [0.5, 0.6) is 0 Å². The molecule has 1 N–H and O–H groups in total. The van der Waals surface area contributed by atoms with Gasteiger partial charge in [-0.1, -0.05) is 18.2 Å². The summed E-state index contributed by atoms with van der Waals surface area (Å²) in [5, 5.41) is 2.74. The fourth-order valence-corrected chi connectivity index (χ4v) is 2.89. The summed E-state index contributed by atoms with van der Waals surface area (Å²) >= 11 is 0. The van der Waals surface area contributed by atoms with E-state index in [-0.39, 0.29) is 18.4 Å². The van der Waals surface area contributed by atoms with Crippen molar-refractivity contribution in [2.24, 2.45) is 0 Å². The lowest BCUT2D eigenvalue weighted by atomic mass is 10.0. The highest BCUT2D eigenvalue weighted by Gasteiger charge is 2.24. The van der Waals surface area contributed by atoms with Crippen LogP contribution in [0.1, 0.15) is 12.0 Å². The number of fused-ring (bicyclic) bond motifs is 1. The van der Waals surface area contributed by atoms with E-state index in [2.05, 4.69) is 22.3 Å². The molecule has 0 unspecified atom stereocenters.